The number of carbonyl (C=O) groups is 1. The maximum Gasteiger partial charge on any atom is 0.315 e. The van der Waals surface area contributed by atoms with Crippen molar-refractivity contribution in [2.24, 2.45) is 0 Å². The molecule has 3 nitrogen and oxygen atoms in total. The Balaban J connectivity index is 1.49. The van der Waals surface area contributed by atoms with E-state index in [9.17, 15) is 9.18 Å². The summed E-state index contributed by atoms with van der Waals surface area (Å²) in [7, 11) is 0. The van der Waals surface area contributed by atoms with E-state index in [0.717, 1.165) is 30.4 Å². The lowest BCUT2D eigenvalue weighted by Crippen LogP contribution is -2.38. The molecule has 0 radical (unpaired) electrons. The van der Waals surface area contributed by atoms with Crippen molar-refractivity contribution in [1.82, 2.24) is 10.6 Å². The van der Waals surface area contributed by atoms with E-state index in [2.05, 4.69) is 10.6 Å². The summed E-state index contributed by atoms with van der Waals surface area (Å²) < 4.78 is 13.2. The zero-order valence-electron chi connectivity index (χ0n) is 12.3. The molecule has 1 aliphatic rings. The zero-order chi connectivity index (χ0) is 15.4. The molecule has 2 amide bonds. The molecule has 3 rings (SSSR count). The highest BCUT2D eigenvalue weighted by molar-refractivity contribution is 5.74. The van der Waals surface area contributed by atoms with E-state index in [1.807, 2.05) is 30.3 Å². The van der Waals surface area contributed by atoms with Gasteiger partial charge in [0.05, 0.1) is 6.04 Å². The Morgan fingerprint density at radius 2 is 2.00 bits per heavy atom. The number of aryl methyl sites for hydroxylation is 1. The molecule has 0 saturated heterocycles. The Kier molecular flexibility index (Phi) is 4.37. The predicted molar refractivity (Wildman–Crippen MR) is 84.1 cm³/mol. The van der Waals surface area contributed by atoms with E-state index in [0.29, 0.717) is 6.54 Å². The van der Waals surface area contributed by atoms with Gasteiger partial charge in [0.25, 0.3) is 0 Å². The molecule has 2 aromatic rings. The average Bonchev–Trinajstić information content (AvgIpc) is 2.90. The molecule has 0 spiro atoms. The lowest BCUT2D eigenvalue weighted by atomic mass is 10.1. The van der Waals surface area contributed by atoms with Crippen molar-refractivity contribution in [2.75, 3.05) is 6.54 Å². The number of amides is 2. The van der Waals surface area contributed by atoms with E-state index < -0.39 is 0 Å². The Hall–Kier alpha value is -2.36. The van der Waals surface area contributed by atoms with Crippen LogP contribution in [0.25, 0.3) is 0 Å². The molecular formula is C18H19FN2O. The Morgan fingerprint density at radius 1 is 1.18 bits per heavy atom. The summed E-state index contributed by atoms with van der Waals surface area (Å²) in [6.45, 7) is 0.596. The van der Waals surface area contributed by atoms with E-state index in [1.165, 1.54) is 11.6 Å². The Bertz CT molecular complexity index is 657. The van der Waals surface area contributed by atoms with Gasteiger partial charge in [-0.15, -0.1) is 0 Å². The molecule has 0 bridgehead atoms. The molecule has 2 aromatic carbocycles. The molecule has 0 aromatic heterocycles. The van der Waals surface area contributed by atoms with Crippen molar-refractivity contribution < 1.29 is 9.18 Å². The summed E-state index contributed by atoms with van der Waals surface area (Å²) in [4.78, 5) is 12.0. The molecule has 0 fully saturated rings. The third-order valence-electron chi connectivity index (χ3n) is 4.03. The first kappa shape index (κ1) is 14.6. The maximum absolute atomic E-state index is 13.2. The highest BCUT2D eigenvalue weighted by Crippen LogP contribution is 2.31. The van der Waals surface area contributed by atoms with Crippen LogP contribution < -0.4 is 10.6 Å². The van der Waals surface area contributed by atoms with Crippen molar-refractivity contribution in [3.8, 4) is 0 Å². The minimum Gasteiger partial charge on any atom is -0.338 e. The number of benzene rings is 2. The summed E-state index contributed by atoms with van der Waals surface area (Å²) >= 11 is 0. The third kappa shape index (κ3) is 3.45. The van der Waals surface area contributed by atoms with Crippen molar-refractivity contribution >= 4 is 6.03 Å². The van der Waals surface area contributed by atoms with Crippen LogP contribution in [0.2, 0.25) is 0 Å². The van der Waals surface area contributed by atoms with Crippen LogP contribution in [0.5, 0.6) is 0 Å². The van der Waals surface area contributed by atoms with E-state index in [4.69, 9.17) is 0 Å². The first-order valence-corrected chi connectivity index (χ1v) is 7.59. The molecule has 0 aliphatic heterocycles. The predicted octanol–water partition coefficient (Wildman–Crippen LogP) is 3.35. The molecule has 4 heteroatoms. The fourth-order valence-electron chi connectivity index (χ4n) is 2.91. The molecular weight excluding hydrogens is 279 g/mol. The molecule has 1 atom stereocenters. The Morgan fingerprint density at radius 3 is 2.82 bits per heavy atom. The monoisotopic (exact) mass is 298 g/mol. The van der Waals surface area contributed by atoms with Gasteiger partial charge in [-0.2, -0.15) is 0 Å². The molecule has 0 saturated carbocycles. The van der Waals surface area contributed by atoms with Gasteiger partial charge < -0.3 is 10.6 Å². The summed E-state index contributed by atoms with van der Waals surface area (Å²) in [6, 6.07) is 14.6. The van der Waals surface area contributed by atoms with Gasteiger partial charge in [0.2, 0.25) is 0 Å². The zero-order valence-corrected chi connectivity index (χ0v) is 12.3. The van der Waals surface area contributed by atoms with Gasteiger partial charge in [0, 0.05) is 6.54 Å². The maximum atomic E-state index is 13.2. The number of urea groups is 1. The van der Waals surface area contributed by atoms with E-state index >= 15 is 0 Å². The number of hydrogen-bond donors (Lipinski definition) is 2. The van der Waals surface area contributed by atoms with Crippen LogP contribution in [0.3, 0.4) is 0 Å². The smallest absolute Gasteiger partial charge is 0.315 e. The molecule has 114 valence electrons. The number of fused-ring (bicyclic) bond motifs is 1. The van der Waals surface area contributed by atoms with E-state index in [1.54, 1.807) is 12.1 Å². The minimum atomic E-state index is -0.216. The van der Waals surface area contributed by atoms with Gasteiger partial charge >= 0.3 is 6.03 Å². The molecule has 2 N–H and O–H groups in total. The summed E-state index contributed by atoms with van der Waals surface area (Å²) in [6.07, 6.45) is 2.44. The lowest BCUT2D eigenvalue weighted by Gasteiger charge is -2.15. The van der Waals surface area contributed by atoms with Crippen molar-refractivity contribution in [3.05, 3.63) is 71.0 Å². The molecule has 1 aliphatic carbocycles. The van der Waals surface area contributed by atoms with Crippen molar-refractivity contribution in [3.63, 3.8) is 0 Å². The minimum absolute atomic E-state index is 0.0210. The van der Waals surface area contributed by atoms with E-state index in [-0.39, 0.29) is 17.9 Å². The summed E-state index contributed by atoms with van der Waals surface area (Å²) in [5.41, 5.74) is 3.22. The van der Waals surface area contributed by atoms with Gasteiger partial charge in [-0.25, -0.2) is 9.18 Å². The van der Waals surface area contributed by atoms with Crippen LogP contribution in [0, 0.1) is 5.82 Å². The largest absolute Gasteiger partial charge is 0.338 e. The van der Waals surface area contributed by atoms with Crippen LogP contribution in [-0.4, -0.2) is 12.6 Å². The second-order valence-electron chi connectivity index (χ2n) is 5.57. The Labute approximate surface area is 129 Å². The number of hydrogen-bond acceptors (Lipinski definition) is 1. The van der Waals surface area contributed by atoms with Gasteiger partial charge in [-0.05, 0) is 48.1 Å². The first-order chi connectivity index (χ1) is 10.7. The van der Waals surface area contributed by atoms with Gasteiger partial charge in [0.15, 0.2) is 0 Å². The summed E-state index contributed by atoms with van der Waals surface area (Å²) in [5.74, 6) is -0.216. The average molecular weight is 298 g/mol. The first-order valence-electron chi connectivity index (χ1n) is 7.59. The highest BCUT2D eigenvalue weighted by Gasteiger charge is 2.23. The number of carbonyl (C=O) groups excluding carboxylic acids is 1. The lowest BCUT2D eigenvalue weighted by molar-refractivity contribution is 0.237. The molecule has 0 heterocycles. The van der Waals surface area contributed by atoms with Crippen LogP contribution >= 0.6 is 0 Å². The van der Waals surface area contributed by atoms with Gasteiger partial charge in [-0.3, -0.25) is 0 Å². The topological polar surface area (TPSA) is 41.1 Å². The molecule has 22 heavy (non-hydrogen) atoms. The summed E-state index contributed by atoms with van der Waals surface area (Å²) in [5, 5.41) is 5.84. The third-order valence-corrected chi connectivity index (χ3v) is 4.03. The second-order valence-corrected chi connectivity index (χ2v) is 5.57. The van der Waals surface area contributed by atoms with Crippen LogP contribution in [0.1, 0.15) is 29.2 Å². The van der Waals surface area contributed by atoms with Crippen LogP contribution in [0.4, 0.5) is 9.18 Å². The van der Waals surface area contributed by atoms with Crippen molar-refractivity contribution in [1.29, 1.82) is 0 Å². The number of nitrogens with one attached hydrogen (secondary N) is 2. The fourth-order valence-corrected chi connectivity index (χ4v) is 2.91. The van der Waals surface area contributed by atoms with Crippen LogP contribution in [-0.2, 0) is 12.8 Å². The number of rotatable bonds is 4. The van der Waals surface area contributed by atoms with Crippen LogP contribution in [0.15, 0.2) is 48.5 Å². The second kappa shape index (κ2) is 6.60. The SMILES string of the molecule is O=C(NCCc1ccccc1)NC1CCc2cc(F)ccc21. The highest BCUT2D eigenvalue weighted by atomic mass is 19.1. The quantitative estimate of drug-likeness (QED) is 0.893. The number of halogens is 1. The fraction of sp³-hybridized carbons (Fsp3) is 0.278. The normalized spacial score (nSPS) is 16.1. The van der Waals surface area contributed by atoms with Gasteiger partial charge in [-0.1, -0.05) is 36.4 Å². The molecule has 1 unspecified atom stereocenters. The standard InChI is InChI=1S/C18H19FN2O/c19-15-7-8-16-14(12-15)6-9-17(16)21-18(22)20-11-10-13-4-2-1-3-5-13/h1-5,7-8,12,17H,6,9-11H2,(H2,20,21,22). The van der Waals surface area contributed by atoms with Gasteiger partial charge in [0.1, 0.15) is 5.82 Å². The van der Waals surface area contributed by atoms with Crippen molar-refractivity contribution in [2.45, 2.75) is 25.3 Å².